The molecule has 0 aliphatic rings. The number of carboxylic acids is 1. The fraction of sp³-hybridized carbons (Fsp3) is 0. The first-order valence-electron chi connectivity index (χ1n) is 8.23. The number of hydrogen-bond donors (Lipinski definition) is 1. The summed E-state index contributed by atoms with van der Waals surface area (Å²) in [4.78, 5) is 11.3. The maximum absolute atomic E-state index is 11.3. The summed E-state index contributed by atoms with van der Waals surface area (Å²) in [5.41, 5.74) is 2.30. The summed E-state index contributed by atoms with van der Waals surface area (Å²) in [6, 6.07) is 26.3. The molecule has 0 bridgehead atoms. The van der Waals surface area contributed by atoms with Crippen LogP contribution in [-0.4, -0.2) is 11.1 Å². The quantitative estimate of drug-likeness (QED) is 0.408. The first kappa shape index (κ1) is 14.0. The van der Waals surface area contributed by atoms with Crippen LogP contribution in [0.25, 0.3) is 43.4 Å². The van der Waals surface area contributed by atoms with Crippen LogP contribution in [0.15, 0.2) is 78.9 Å². The third-order valence-corrected chi connectivity index (χ3v) is 4.95. The standard InChI is InChI=1S/C23H14O2/c24-23(25)18-6-2-5-17(13-18)19-11-9-16-8-7-14-3-1-4-15-10-12-20(19)22(16)21(14)15/h1-13H,(H,24,25). The van der Waals surface area contributed by atoms with Crippen molar-refractivity contribution < 1.29 is 9.90 Å². The molecular formula is C23H14O2. The van der Waals surface area contributed by atoms with Crippen LogP contribution in [0, 0.1) is 0 Å². The van der Waals surface area contributed by atoms with E-state index in [9.17, 15) is 9.90 Å². The van der Waals surface area contributed by atoms with Gasteiger partial charge in [0.1, 0.15) is 0 Å². The van der Waals surface area contributed by atoms with Gasteiger partial charge in [-0.3, -0.25) is 0 Å². The van der Waals surface area contributed by atoms with Gasteiger partial charge in [-0.15, -0.1) is 0 Å². The molecule has 0 heterocycles. The first-order chi connectivity index (χ1) is 12.2. The molecule has 5 aromatic rings. The molecule has 0 radical (unpaired) electrons. The van der Waals surface area contributed by atoms with Crippen LogP contribution in [0.5, 0.6) is 0 Å². The van der Waals surface area contributed by atoms with Gasteiger partial charge < -0.3 is 5.11 Å². The molecular weight excluding hydrogens is 308 g/mol. The van der Waals surface area contributed by atoms with Gasteiger partial charge in [0.05, 0.1) is 5.56 Å². The summed E-state index contributed by atoms with van der Waals surface area (Å²) in [5.74, 6) is -0.903. The van der Waals surface area contributed by atoms with Crippen molar-refractivity contribution in [3.63, 3.8) is 0 Å². The van der Waals surface area contributed by atoms with Gasteiger partial charge >= 0.3 is 5.97 Å². The molecule has 0 amide bonds. The van der Waals surface area contributed by atoms with E-state index in [1.807, 2.05) is 6.07 Å². The Morgan fingerprint density at radius 2 is 1.32 bits per heavy atom. The Bertz CT molecular complexity index is 1250. The van der Waals surface area contributed by atoms with E-state index in [1.165, 1.54) is 26.9 Å². The van der Waals surface area contributed by atoms with Gasteiger partial charge in [-0.05, 0) is 55.6 Å². The van der Waals surface area contributed by atoms with Crippen LogP contribution in [0.1, 0.15) is 10.4 Å². The fourth-order valence-electron chi connectivity index (χ4n) is 3.81. The third-order valence-electron chi connectivity index (χ3n) is 4.95. The van der Waals surface area contributed by atoms with E-state index >= 15 is 0 Å². The maximum Gasteiger partial charge on any atom is 0.335 e. The number of hydrogen-bond acceptors (Lipinski definition) is 1. The molecule has 2 heteroatoms. The minimum absolute atomic E-state index is 0.309. The second-order valence-electron chi connectivity index (χ2n) is 6.36. The maximum atomic E-state index is 11.3. The molecule has 25 heavy (non-hydrogen) atoms. The van der Waals surface area contributed by atoms with Crippen LogP contribution in [0.4, 0.5) is 0 Å². The number of benzene rings is 5. The van der Waals surface area contributed by atoms with E-state index in [0.717, 1.165) is 16.5 Å². The summed E-state index contributed by atoms with van der Waals surface area (Å²) in [6.45, 7) is 0. The van der Waals surface area contributed by atoms with Crippen molar-refractivity contribution >= 4 is 38.3 Å². The predicted octanol–water partition coefficient (Wildman–Crippen LogP) is 5.95. The van der Waals surface area contributed by atoms with Gasteiger partial charge in [-0.2, -0.15) is 0 Å². The van der Waals surface area contributed by atoms with E-state index < -0.39 is 5.97 Å². The Labute approximate surface area is 144 Å². The van der Waals surface area contributed by atoms with Crippen LogP contribution in [0.2, 0.25) is 0 Å². The van der Waals surface area contributed by atoms with Gasteiger partial charge in [0.15, 0.2) is 0 Å². The number of rotatable bonds is 2. The lowest BCUT2D eigenvalue weighted by Crippen LogP contribution is -1.96. The number of aromatic carboxylic acids is 1. The van der Waals surface area contributed by atoms with Crippen LogP contribution in [0.3, 0.4) is 0 Å². The summed E-state index contributed by atoms with van der Waals surface area (Å²) in [7, 11) is 0. The van der Waals surface area contributed by atoms with Crippen LogP contribution >= 0.6 is 0 Å². The highest BCUT2D eigenvalue weighted by Crippen LogP contribution is 2.39. The second-order valence-corrected chi connectivity index (χ2v) is 6.36. The average molecular weight is 322 g/mol. The van der Waals surface area contributed by atoms with Gasteiger partial charge in [0, 0.05) is 0 Å². The highest BCUT2D eigenvalue weighted by Gasteiger charge is 2.12. The van der Waals surface area contributed by atoms with E-state index in [4.69, 9.17) is 0 Å². The van der Waals surface area contributed by atoms with Gasteiger partial charge in [0.2, 0.25) is 0 Å². The zero-order valence-corrected chi connectivity index (χ0v) is 13.4. The average Bonchev–Trinajstić information content (AvgIpc) is 2.66. The molecule has 118 valence electrons. The van der Waals surface area contributed by atoms with Crippen molar-refractivity contribution in [1.82, 2.24) is 0 Å². The van der Waals surface area contributed by atoms with Crippen molar-refractivity contribution in [3.05, 3.63) is 84.4 Å². The van der Waals surface area contributed by atoms with Gasteiger partial charge in [-0.25, -0.2) is 4.79 Å². The Morgan fingerprint density at radius 3 is 2.08 bits per heavy atom. The summed E-state index contributed by atoms with van der Waals surface area (Å²) < 4.78 is 0. The molecule has 0 spiro atoms. The minimum Gasteiger partial charge on any atom is -0.478 e. The summed E-state index contributed by atoms with van der Waals surface area (Å²) in [5, 5.41) is 16.6. The van der Waals surface area contributed by atoms with Crippen molar-refractivity contribution in [2.75, 3.05) is 0 Å². The van der Waals surface area contributed by atoms with E-state index in [1.54, 1.807) is 18.2 Å². The zero-order valence-electron chi connectivity index (χ0n) is 13.4. The molecule has 0 aliphatic heterocycles. The van der Waals surface area contributed by atoms with E-state index in [0.29, 0.717) is 5.56 Å². The first-order valence-corrected chi connectivity index (χ1v) is 8.23. The largest absolute Gasteiger partial charge is 0.478 e. The van der Waals surface area contributed by atoms with Crippen molar-refractivity contribution in [2.24, 2.45) is 0 Å². The van der Waals surface area contributed by atoms with Gasteiger partial charge in [-0.1, -0.05) is 66.7 Å². The molecule has 0 atom stereocenters. The van der Waals surface area contributed by atoms with Gasteiger partial charge in [0.25, 0.3) is 0 Å². The molecule has 0 aliphatic carbocycles. The molecule has 0 unspecified atom stereocenters. The molecule has 1 N–H and O–H groups in total. The van der Waals surface area contributed by atoms with Crippen molar-refractivity contribution in [2.45, 2.75) is 0 Å². The summed E-state index contributed by atoms with van der Waals surface area (Å²) >= 11 is 0. The molecule has 2 nitrogen and oxygen atoms in total. The molecule has 0 fully saturated rings. The highest BCUT2D eigenvalue weighted by atomic mass is 16.4. The smallest absolute Gasteiger partial charge is 0.335 e. The molecule has 0 saturated carbocycles. The topological polar surface area (TPSA) is 37.3 Å². The molecule has 5 rings (SSSR count). The molecule has 0 saturated heterocycles. The third kappa shape index (κ3) is 2.01. The Hall–Kier alpha value is -3.39. The molecule has 5 aromatic carbocycles. The Balaban J connectivity index is 1.91. The lowest BCUT2D eigenvalue weighted by molar-refractivity contribution is 0.0697. The van der Waals surface area contributed by atoms with Crippen LogP contribution < -0.4 is 0 Å². The van der Waals surface area contributed by atoms with Crippen molar-refractivity contribution in [1.29, 1.82) is 0 Å². The van der Waals surface area contributed by atoms with E-state index in [-0.39, 0.29) is 0 Å². The summed E-state index contributed by atoms with van der Waals surface area (Å²) in [6.07, 6.45) is 0. The second kappa shape index (κ2) is 5.05. The zero-order chi connectivity index (χ0) is 17.0. The minimum atomic E-state index is -0.903. The number of carboxylic acid groups (broad SMARTS) is 1. The van der Waals surface area contributed by atoms with Crippen LogP contribution in [-0.2, 0) is 0 Å². The monoisotopic (exact) mass is 322 g/mol. The Morgan fingerprint density at radius 1 is 0.680 bits per heavy atom. The highest BCUT2D eigenvalue weighted by molar-refractivity contribution is 6.25. The van der Waals surface area contributed by atoms with E-state index in [2.05, 4.69) is 54.6 Å². The normalized spacial score (nSPS) is 11.5. The Kier molecular flexibility index (Phi) is 2.83. The molecule has 0 aromatic heterocycles. The van der Waals surface area contributed by atoms with Crippen molar-refractivity contribution in [3.8, 4) is 11.1 Å². The number of carbonyl (C=O) groups is 1. The lowest BCUT2D eigenvalue weighted by Gasteiger charge is -2.14. The fourth-order valence-corrected chi connectivity index (χ4v) is 3.81. The lowest BCUT2D eigenvalue weighted by atomic mass is 9.89. The predicted molar refractivity (Wildman–Crippen MR) is 103 cm³/mol. The SMILES string of the molecule is O=C(O)c1cccc(-c2ccc3ccc4cccc5ccc2c3c45)c1.